The Balaban J connectivity index is 1.68. The van der Waals surface area contributed by atoms with Crippen molar-refractivity contribution >= 4 is 17.7 Å². The molecule has 108 valence electrons. The number of hydrogen-bond acceptors (Lipinski definition) is 3. The molecule has 1 spiro atoms. The van der Waals surface area contributed by atoms with Crippen molar-refractivity contribution < 1.29 is 9.90 Å². The summed E-state index contributed by atoms with van der Waals surface area (Å²) >= 11 is 2.09. The second kappa shape index (κ2) is 5.78. The van der Waals surface area contributed by atoms with Crippen LogP contribution >= 0.6 is 11.8 Å². The van der Waals surface area contributed by atoms with Gasteiger partial charge in [0.1, 0.15) is 0 Å². The maximum absolute atomic E-state index is 11.0. The van der Waals surface area contributed by atoms with Crippen molar-refractivity contribution in [3.63, 3.8) is 0 Å². The third-order valence-electron chi connectivity index (χ3n) is 4.51. The predicted octanol–water partition coefficient (Wildman–Crippen LogP) is 3.10. The van der Waals surface area contributed by atoms with Gasteiger partial charge in [0, 0.05) is 18.8 Å². The van der Waals surface area contributed by atoms with Crippen LogP contribution in [0.15, 0.2) is 24.3 Å². The summed E-state index contributed by atoms with van der Waals surface area (Å²) in [6.07, 6.45) is 3.99. The normalized spacial score (nSPS) is 27.0. The number of thioether (sulfide) groups is 1. The van der Waals surface area contributed by atoms with Gasteiger partial charge >= 0.3 is 5.97 Å². The number of carbonyl (C=O) groups is 1. The van der Waals surface area contributed by atoms with Crippen LogP contribution in [0.4, 0.5) is 0 Å². The van der Waals surface area contributed by atoms with Crippen LogP contribution in [0.3, 0.4) is 0 Å². The number of nitrogens with zero attached hydrogens (tertiary/aromatic N) is 1. The highest BCUT2D eigenvalue weighted by Crippen LogP contribution is 2.43. The van der Waals surface area contributed by atoms with Gasteiger partial charge in [-0.3, -0.25) is 4.90 Å². The summed E-state index contributed by atoms with van der Waals surface area (Å²) in [5.41, 5.74) is 2.05. The summed E-state index contributed by atoms with van der Waals surface area (Å²) in [6, 6.07) is 7.37. The number of likely N-dealkylation sites (tertiary alicyclic amines) is 1. The smallest absolute Gasteiger partial charge is 0.335 e. The van der Waals surface area contributed by atoms with Crippen LogP contribution in [0.2, 0.25) is 0 Å². The molecule has 20 heavy (non-hydrogen) atoms. The molecule has 0 radical (unpaired) electrons. The summed E-state index contributed by atoms with van der Waals surface area (Å²) in [5.74, 6) is 1.77. The molecule has 2 fully saturated rings. The maximum atomic E-state index is 11.0. The van der Waals surface area contributed by atoms with E-state index in [1.807, 2.05) is 18.2 Å². The van der Waals surface area contributed by atoms with E-state index in [1.54, 1.807) is 6.07 Å². The van der Waals surface area contributed by atoms with Gasteiger partial charge in [0.05, 0.1) is 5.56 Å². The fraction of sp³-hybridized carbons (Fsp3) is 0.562. The van der Waals surface area contributed by atoms with Gasteiger partial charge in [-0.1, -0.05) is 12.1 Å². The molecule has 2 aliphatic rings. The van der Waals surface area contributed by atoms with E-state index < -0.39 is 5.97 Å². The Kier molecular flexibility index (Phi) is 4.03. The molecule has 1 aromatic rings. The maximum Gasteiger partial charge on any atom is 0.335 e. The average molecular weight is 291 g/mol. The Morgan fingerprint density at radius 1 is 1.40 bits per heavy atom. The van der Waals surface area contributed by atoms with Gasteiger partial charge in [-0.05, 0) is 54.7 Å². The summed E-state index contributed by atoms with van der Waals surface area (Å²) in [4.78, 5) is 13.5. The van der Waals surface area contributed by atoms with Gasteiger partial charge in [-0.2, -0.15) is 11.8 Å². The van der Waals surface area contributed by atoms with E-state index >= 15 is 0 Å². The van der Waals surface area contributed by atoms with Gasteiger partial charge in [0.2, 0.25) is 0 Å². The van der Waals surface area contributed by atoms with E-state index in [0.29, 0.717) is 11.0 Å². The molecule has 2 heterocycles. The number of carboxylic acid groups (broad SMARTS) is 1. The Morgan fingerprint density at radius 3 is 3.05 bits per heavy atom. The molecule has 0 aromatic heterocycles. The molecule has 3 nitrogen and oxygen atoms in total. The first-order chi connectivity index (χ1) is 9.67. The molecule has 1 N–H and O–H groups in total. The van der Waals surface area contributed by atoms with E-state index in [4.69, 9.17) is 5.11 Å². The van der Waals surface area contributed by atoms with Gasteiger partial charge in [-0.25, -0.2) is 4.79 Å². The number of benzene rings is 1. The number of aromatic carboxylic acids is 1. The third kappa shape index (κ3) is 3.01. The Hall–Kier alpha value is -1.00. The number of rotatable bonds is 3. The van der Waals surface area contributed by atoms with Gasteiger partial charge in [-0.15, -0.1) is 0 Å². The second-order valence-electron chi connectivity index (χ2n) is 6.12. The minimum atomic E-state index is -0.839. The van der Waals surface area contributed by atoms with E-state index in [1.165, 1.54) is 37.3 Å². The summed E-state index contributed by atoms with van der Waals surface area (Å²) < 4.78 is 0. The lowest BCUT2D eigenvalue weighted by atomic mass is 9.79. The standard InChI is InChI=1S/C16H21NO2S/c18-15(19)14-4-1-3-13(9-14)10-17-7-2-5-16(11-17)6-8-20-12-16/h1,3-4,9H,2,5-8,10-12H2,(H,18,19). The highest BCUT2D eigenvalue weighted by Gasteiger charge is 2.38. The minimum Gasteiger partial charge on any atom is -0.478 e. The molecular formula is C16H21NO2S. The van der Waals surface area contributed by atoms with E-state index in [-0.39, 0.29) is 0 Å². The van der Waals surface area contributed by atoms with Crippen LogP contribution in [0, 0.1) is 5.41 Å². The van der Waals surface area contributed by atoms with Crippen LogP contribution in [-0.2, 0) is 6.54 Å². The lowest BCUT2D eigenvalue weighted by Crippen LogP contribution is -2.42. The zero-order chi connectivity index (χ0) is 14.0. The third-order valence-corrected chi connectivity index (χ3v) is 5.81. The van der Waals surface area contributed by atoms with Gasteiger partial charge in [0.15, 0.2) is 0 Å². The van der Waals surface area contributed by atoms with Crippen LogP contribution < -0.4 is 0 Å². The molecule has 0 aliphatic carbocycles. The highest BCUT2D eigenvalue weighted by molar-refractivity contribution is 7.99. The highest BCUT2D eigenvalue weighted by atomic mass is 32.2. The summed E-state index contributed by atoms with van der Waals surface area (Å²) in [6.45, 7) is 3.20. The van der Waals surface area contributed by atoms with E-state index in [0.717, 1.165) is 18.7 Å². The predicted molar refractivity (Wildman–Crippen MR) is 82.3 cm³/mol. The first-order valence-corrected chi connectivity index (χ1v) is 8.45. The molecule has 1 unspecified atom stereocenters. The number of carboxylic acids is 1. The first kappa shape index (κ1) is 14.0. The molecule has 2 saturated heterocycles. The molecule has 0 amide bonds. The van der Waals surface area contributed by atoms with Gasteiger partial charge in [0.25, 0.3) is 0 Å². The Labute approximate surface area is 124 Å². The van der Waals surface area contributed by atoms with Crippen molar-refractivity contribution in [3.8, 4) is 0 Å². The van der Waals surface area contributed by atoms with Crippen LogP contribution in [0.1, 0.15) is 35.2 Å². The molecular weight excluding hydrogens is 270 g/mol. The quantitative estimate of drug-likeness (QED) is 0.929. The molecule has 4 heteroatoms. The monoisotopic (exact) mass is 291 g/mol. The fourth-order valence-electron chi connectivity index (χ4n) is 3.48. The average Bonchev–Trinajstić information content (AvgIpc) is 2.87. The topological polar surface area (TPSA) is 40.5 Å². The van der Waals surface area contributed by atoms with Crippen molar-refractivity contribution in [1.82, 2.24) is 4.90 Å². The van der Waals surface area contributed by atoms with Gasteiger partial charge < -0.3 is 5.11 Å². The van der Waals surface area contributed by atoms with Crippen molar-refractivity contribution in [2.45, 2.75) is 25.8 Å². The second-order valence-corrected chi connectivity index (χ2v) is 7.23. The van der Waals surface area contributed by atoms with E-state index in [9.17, 15) is 4.79 Å². The van der Waals surface area contributed by atoms with Crippen LogP contribution in [0.25, 0.3) is 0 Å². The van der Waals surface area contributed by atoms with Crippen LogP contribution in [-0.4, -0.2) is 40.6 Å². The number of piperidine rings is 1. The van der Waals surface area contributed by atoms with Crippen molar-refractivity contribution in [2.75, 3.05) is 24.6 Å². The molecule has 1 atom stereocenters. The molecule has 1 aromatic carbocycles. The first-order valence-electron chi connectivity index (χ1n) is 7.29. The Morgan fingerprint density at radius 2 is 2.30 bits per heavy atom. The zero-order valence-corrected chi connectivity index (χ0v) is 12.5. The lowest BCUT2D eigenvalue weighted by Gasteiger charge is -2.40. The van der Waals surface area contributed by atoms with E-state index in [2.05, 4.69) is 16.7 Å². The van der Waals surface area contributed by atoms with Crippen molar-refractivity contribution in [2.24, 2.45) is 5.41 Å². The minimum absolute atomic E-state index is 0.394. The molecule has 2 aliphatic heterocycles. The zero-order valence-electron chi connectivity index (χ0n) is 11.7. The largest absolute Gasteiger partial charge is 0.478 e. The SMILES string of the molecule is O=C(O)c1cccc(CN2CCCC3(CCSC3)C2)c1. The summed E-state index contributed by atoms with van der Waals surface area (Å²) in [7, 11) is 0. The van der Waals surface area contributed by atoms with Crippen molar-refractivity contribution in [1.29, 1.82) is 0 Å². The molecule has 3 rings (SSSR count). The fourth-order valence-corrected chi connectivity index (χ4v) is 5.01. The lowest BCUT2D eigenvalue weighted by molar-refractivity contribution is 0.0696. The van der Waals surface area contributed by atoms with Crippen molar-refractivity contribution in [3.05, 3.63) is 35.4 Å². The molecule has 0 saturated carbocycles. The summed E-state index contributed by atoms with van der Waals surface area (Å²) in [5, 5.41) is 9.07. The van der Waals surface area contributed by atoms with Crippen LogP contribution in [0.5, 0.6) is 0 Å². The molecule has 0 bridgehead atoms. The number of hydrogen-bond donors (Lipinski definition) is 1. The Bertz CT molecular complexity index is 497.